The zero-order valence-corrected chi connectivity index (χ0v) is 13.9. The first kappa shape index (κ1) is 16.2. The Bertz CT molecular complexity index is 554. The molecule has 2 aromatic rings. The van der Waals surface area contributed by atoms with Crippen LogP contribution in [0.25, 0.3) is 0 Å². The Balaban J connectivity index is 1.47. The molecule has 5 nitrogen and oxygen atoms in total. The van der Waals surface area contributed by atoms with Crippen molar-refractivity contribution >= 4 is 0 Å². The van der Waals surface area contributed by atoms with E-state index in [0.717, 1.165) is 51.5 Å². The lowest BCUT2D eigenvalue weighted by atomic mass is 10.0. The average Bonchev–Trinajstić information content (AvgIpc) is 3.10. The molecule has 1 fully saturated rings. The number of H-pyrrole nitrogens is 1. The van der Waals surface area contributed by atoms with E-state index in [4.69, 9.17) is 0 Å². The summed E-state index contributed by atoms with van der Waals surface area (Å²) in [6, 6.07) is 11.4. The van der Waals surface area contributed by atoms with Crippen molar-refractivity contribution in [2.45, 2.75) is 19.0 Å². The third kappa shape index (κ3) is 4.64. The molecule has 0 spiro atoms. The molecule has 1 aromatic heterocycles. The highest BCUT2D eigenvalue weighted by molar-refractivity contribution is 5.20. The van der Waals surface area contributed by atoms with E-state index in [1.165, 1.54) is 5.56 Å². The van der Waals surface area contributed by atoms with Crippen LogP contribution in [0, 0.1) is 0 Å². The Hall–Kier alpha value is -1.69. The molecule has 0 aliphatic carbocycles. The van der Waals surface area contributed by atoms with Gasteiger partial charge in [-0.2, -0.15) is 0 Å². The molecule has 3 rings (SSSR count). The quantitative estimate of drug-likeness (QED) is 0.766. The third-order valence-corrected chi connectivity index (χ3v) is 4.52. The van der Waals surface area contributed by atoms with E-state index in [1.54, 1.807) is 6.20 Å². The van der Waals surface area contributed by atoms with E-state index in [2.05, 4.69) is 62.5 Å². The van der Waals surface area contributed by atoms with Gasteiger partial charge in [-0.3, -0.25) is 4.90 Å². The van der Waals surface area contributed by atoms with E-state index < -0.39 is 0 Å². The van der Waals surface area contributed by atoms with Crippen LogP contribution in [-0.2, 0) is 6.54 Å². The Kier molecular flexibility index (Phi) is 5.80. The molecule has 1 aromatic carbocycles. The third-order valence-electron chi connectivity index (χ3n) is 4.52. The highest BCUT2D eigenvalue weighted by atomic mass is 15.3. The minimum Gasteiger partial charge on any atom is -0.348 e. The highest BCUT2D eigenvalue weighted by Crippen LogP contribution is 2.24. The molecule has 0 saturated carbocycles. The summed E-state index contributed by atoms with van der Waals surface area (Å²) in [7, 11) is 2.22. The number of aromatic nitrogens is 2. The average molecular weight is 313 g/mol. The highest BCUT2D eigenvalue weighted by Gasteiger charge is 2.25. The van der Waals surface area contributed by atoms with Crippen LogP contribution in [-0.4, -0.2) is 59.5 Å². The zero-order valence-electron chi connectivity index (χ0n) is 13.9. The molecule has 1 atom stereocenters. The van der Waals surface area contributed by atoms with Crippen molar-refractivity contribution in [3.63, 3.8) is 0 Å². The van der Waals surface area contributed by atoms with Gasteiger partial charge >= 0.3 is 0 Å². The van der Waals surface area contributed by atoms with Gasteiger partial charge in [-0.1, -0.05) is 30.3 Å². The molecule has 1 aliphatic heterocycles. The molecule has 0 bridgehead atoms. The van der Waals surface area contributed by atoms with Gasteiger partial charge in [0.1, 0.15) is 5.82 Å². The Morgan fingerprint density at radius 3 is 2.91 bits per heavy atom. The summed E-state index contributed by atoms with van der Waals surface area (Å²) < 4.78 is 0. The van der Waals surface area contributed by atoms with E-state index in [9.17, 15) is 0 Å². The molecule has 1 unspecified atom stereocenters. The summed E-state index contributed by atoms with van der Waals surface area (Å²) >= 11 is 0. The summed E-state index contributed by atoms with van der Waals surface area (Å²) in [6.45, 7) is 6.40. The Morgan fingerprint density at radius 2 is 2.13 bits per heavy atom. The monoisotopic (exact) mass is 313 g/mol. The zero-order chi connectivity index (χ0) is 15.9. The van der Waals surface area contributed by atoms with E-state index >= 15 is 0 Å². The molecule has 0 amide bonds. The fourth-order valence-electron chi connectivity index (χ4n) is 3.22. The molecular weight excluding hydrogens is 286 g/mol. The van der Waals surface area contributed by atoms with Gasteiger partial charge in [0.2, 0.25) is 0 Å². The molecule has 1 saturated heterocycles. The summed E-state index contributed by atoms with van der Waals surface area (Å²) in [5.74, 6) is 1.01. The normalized spacial score (nSPS) is 20.0. The van der Waals surface area contributed by atoms with Crippen molar-refractivity contribution in [2.24, 2.45) is 0 Å². The van der Waals surface area contributed by atoms with Crippen molar-refractivity contribution < 1.29 is 0 Å². The number of piperazine rings is 1. The minimum atomic E-state index is 0.514. The van der Waals surface area contributed by atoms with Crippen molar-refractivity contribution in [1.82, 2.24) is 25.1 Å². The largest absolute Gasteiger partial charge is 0.348 e. The number of hydrogen-bond acceptors (Lipinski definition) is 4. The number of hydrogen-bond donors (Lipinski definition) is 2. The van der Waals surface area contributed by atoms with Gasteiger partial charge in [-0.15, -0.1) is 0 Å². The second kappa shape index (κ2) is 8.24. The van der Waals surface area contributed by atoms with Gasteiger partial charge < -0.3 is 15.2 Å². The van der Waals surface area contributed by atoms with Crippen LogP contribution in [0.2, 0.25) is 0 Å². The molecule has 2 heterocycles. The molecule has 2 N–H and O–H groups in total. The fourth-order valence-corrected chi connectivity index (χ4v) is 3.22. The van der Waals surface area contributed by atoms with Crippen molar-refractivity contribution in [2.75, 3.05) is 39.8 Å². The van der Waals surface area contributed by atoms with E-state index in [1.807, 2.05) is 6.20 Å². The van der Waals surface area contributed by atoms with Crippen LogP contribution in [0.3, 0.4) is 0 Å². The number of nitrogens with zero attached hydrogens (tertiary/aromatic N) is 3. The lowest BCUT2D eigenvalue weighted by Gasteiger charge is -2.40. The molecule has 124 valence electrons. The number of likely N-dealkylation sites (N-methyl/N-ethyl adjacent to an activating group) is 1. The van der Waals surface area contributed by atoms with Gasteiger partial charge in [0, 0.05) is 44.6 Å². The Labute approximate surface area is 138 Å². The molecule has 1 aliphatic rings. The number of nitrogens with one attached hydrogen (secondary N) is 2. The first-order chi connectivity index (χ1) is 11.3. The lowest BCUT2D eigenvalue weighted by Crippen LogP contribution is -2.47. The number of benzene rings is 1. The van der Waals surface area contributed by atoms with Crippen molar-refractivity contribution in [3.8, 4) is 0 Å². The number of rotatable bonds is 7. The maximum absolute atomic E-state index is 4.23. The second-order valence-electron chi connectivity index (χ2n) is 6.29. The van der Waals surface area contributed by atoms with Crippen LogP contribution in [0.15, 0.2) is 42.7 Å². The SMILES string of the molecule is CN1CCN(CCCNCc2ncc[nH]2)C(c2ccccc2)C1. The van der Waals surface area contributed by atoms with Gasteiger partial charge in [-0.05, 0) is 25.6 Å². The summed E-state index contributed by atoms with van der Waals surface area (Å²) in [5.41, 5.74) is 1.43. The van der Waals surface area contributed by atoms with Gasteiger partial charge in [0.05, 0.1) is 6.54 Å². The van der Waals surface area contributed by atoms with Crippen molar-refractivity contribution in [1.29, 1.82) is 0 Å². The molecule has 0 radical (unpaired) electrons. The second-order valence-corrected chi connectivity index (χ2v) is 6.29. The predicted molar refractivity (Wildman–Crippen MR) is 93.2 cm³/mol. The van der Waals surface area contributed by atoms with Crippen LogP contribution < -0.4 is 5.32 Å². The maximum atomic E-state index is 4.23. The predicted octanol–water partition coefficient (Wildman–Crippen LogP) is 1.88. The number of aromatic amines is 1. The first-order valence-corrected chi connectivity index (χ1v) is 8.49. The van der Waals surface area contributed by atoms with Crippen LogP contribution >= 0.6 is 0 Å². The summed E-state index contributed by atoms with van der Waals surface area (Å²) in [4.78, 5) is 12.4. The Morgan fingerprint density at radius 1 is 1.26 bits per heavy atom. The smallest absolute Gasteiger partial charge is 0.120 e. The van der Waals surface area contributed by atoms with Gasteiger partial charge in [0.15, 0.2) is 0 Å². The molecule has 5 heteroatoms. The summed E-state index contributed by atoms with van der Waals surface area (Å²) in [5, 5.41) is 3.46. The minimum absolute atomic E-state index is 0.514. The fraction of sp³-hybridized carbons (Fsp3) is 0.500. The summed E-state index contributed by atoms with van der Waals surface area (Å²) in [6.07, 6.45) is 4.82. The van der Waals surface area contributed by atoms with Crippen LogP contribution in [0.4, 0.5) is 0 Å². The lowest BCUT2D eigenvalue weighted by molar-refractivity contribution is 0.0888. The molecule has 23 heavy (non-hydrogen) atoms. The van der Waals surface area contributed by atoms with E-state index in [-0.39, 0.29) is 0 Å². The topological polar surface area (TPSA) is 47.2 Å². The molecular formula is C18H27N5. The number of imidazole rings is 1. The van der Waals surface area contributed by atoms with Crippen molar-refractivity contribution in [3.05, 3.63) is 54.1 Å². The maximum Gasteiger partial charge on any atom is 0.120 e. The van der Waals surface area contributed by atoms with E-state index in [0.29, 0.717) is 6.04 Å². The van der Waals surface area contributed by atoms with Gasteiger partial charge in [-0.25, -0.2) is 4.98 Å². The van der Waals surface area contributed by atoms with Gasteiger partial charge in [0.25, 0.3) is 0 Å². The first-order valence-electron chi connectivity index (χ1n) is 8.49. The van der Waals surface area contributed by atoms with Crippen LogP contribution in [0.5, 0.6) is 0 Å². The van der Waals surface area contributed by atoms with Crippen LogP contribution in [0.1, 0.15) is 23.9 Å². The standard InChI is InChI=1S/C18H27N5/c1-22-12-13-23(17(15-22)16-6-3-2-4-7-16)11-5-8-19-14-18-20-9-10-21-18/h2-4,6-7,9-10,17,19H,5,8,11-15H2,1H3,(H,20,21).